The van der Waals surface area contributed by atoms with E-state index >= 15 is 0 Å². The second-order valence-electron chi connectivity index (χ2n) is 5.13. The van der Waals surface area contributed by atoms with E-state index in [1.165, 1.54) is 0 Å². The Kier molecular flexibility index (Phi) is 4.97. The normalized spacial score (nSPS) is 10.6. The Hall–Kier alpha value is -2.31. The lowest BCUT2D eigenvalue weighted by molar-refractivity contribution is 0.766. The highest BCUT2D eigenvalue weighted by Gasteiger charge is 2.08. The first kappa shape index (κ1) is 15.1. The maximum absolute atomic E-state index is 5.79. The van der Waals surface area contributed by atoms with Crippen LogP contribution in [0.5, 0.6) is 0 Å². The molecule has 0 atom stereocenters. The van der Waals surface area contributed by atoms with E-state index in [4.69, 9.17) is 5.73 Å². The van der Waals surface area contributed by atoms with Crippen LogP contribution < -0.4 is 16.0 Å². The zero-order chi connectivity index (χ0) is 15.2. The van der Waals surface area contributed by atoms with Gasteiger partial charge in [-0.1, -0.05) is 13.3 Å². The van der Waals surface area contributed by atoms with Crippen LogP contribution in [0.25, 0.3) is 0 Å². The van der Waals surface area contributed by atoms with E-state index in [1.54, 1.807) is 4.68 Å². The Labute approximate surface area is 125 Å². The fraction of sp³-hybridized carbons (Fsp3) is 0.500. The van der Waals surface area contributed by atoms with Gasteiger partial charge in [0.1, 0.15) is 11.6 Å². The van der Waals surface area contributed by atoms with Crippen molar-refractivity contribution in [3.8, 4) is 0 Å². The molecule has 7 heteroatoms. The van der Waals surface area contributed by atoms with Gasteiger partial charge in [-0.3, -0.25) is 4.68 Å². The highest BCUT2D eigenvalue weighted by Crippen LogP contribution is 2.17. The predicted octanol–water partition coefficient (Wildman–Crippen LogP) is 1.64. The van der Waals surface area contributed by atoms with Gasteiger partial charge in [0.05, 0.1) is 6.20 Å². The molecule has 2 heterocycles. The summed E-state index contributed by atoms with van der Waals surface area (Å²) in [5.41, 5.74) is 6.92. The molecule has 0 bridgehead atoms. The molecule has 0 amide bonds. The molecule has 0 aromatic carbocycles. The number of hydrogen-bond acceptors (Lipinski definition) is 6. The third-order valence-corrected chi connectivity index (χ3v) is 3.14. The highest BCUT2D eigenvalue weighted by atomic mass is 15.3. The standard InChI is InChI=1S/C14H23N7/c1-4-5-6-16-12-7-13(19-14(15)18-12)20(2)9-11-8-17-21(3)10-11/h7-8,10H,4-6,9H2,1-3H3,(H3,15,16,18,19). The van der Waals surface area contributed by atoms with E-state index in [0.29, 0.717) is 0 Å². The quantitative estimate of drug-likeness (QED) is 0.754. The highest BCUT2D eigenvalue weighted by molar-refractivity contribution is 5.52. The Bertz CT molecular complexity index is 578. The molecule has 0 saturated heterocycles. The summed E-state index contributed by atoms with van der Waals surface area (Å²) < 4.78 is 1.79. The van der Waals surface area contributed by atoms with Gasteiger partial charge in [0.15, 0.2) is 0 Å². The lowest BCUT2D eigenvalue weighted by atomic mass is 10.3. The van der Waals surface area contributed by atoms with Gasteiger partial charge in [-0.15, -0.1) is 0 Å². The minimum Gasteiger partial charge on any atom is -0.370 e. The van der Waals surface area contributed by atoms with Crippen molar-refractivity contribution in [3.05, 3.63) is 24.0 Å². The smallest absolute Gasteiger partial charge is 0.223 e. The van der Waals surface area contributed by atoms with Gasteiger partial charge in [-0.25, -0.2) is 0 Å². The molecule has 0 saturated carbocycles. The number of unbranched alkanes of at least 4 members (excludes halogenated alkanes) is 1. The number of nitrogens with two attached hydrogens (primary N) is 1. The van der Waals surface area contributed by atoms with Gasteiger partial charge in [0.25, 0.3) is 0 Å². The van der Waals surface area contributed by atoms with Gasteiger partial charge in [0.2, 0.25) is 5.95 Å². The number of aromatic nitrogens is 4. The molecule has 2 rings (SSSR count). The summed E-state index contributed by atoms with van der Waals surface area (Å²) in [6, 6.07) is 1.92. The molecule has 0 fully saturated rings. The van der Waals surface area contributed by atoms with Crippen LogP contribution in [0.2, 0.25) is 0 Å². The zero-order valence-corrected chi connectivity index (χ0v) is 12.9. The van der Waals surface area contributed by atoms with Crippen LogP contribution in [0.3, 0.4) is 0 Å². The Balaban J connectivity index is 2.07. The van der Waals surface area contributed by atoms with Crippen LogP contribution in [0, 0.1) is 0 Å². The summed E-state index contributed by atoms with van der Waals surface area (Å²) in [4.78, 5) is 10.5. The van der Waals surface area contributed by atoms with Crippen molar-refractivity contribution in [1.82, 2.24) is 19.7 Å². The predicted molar refractivity (Wildman–Crippen MR) is 85.2 cm³/mol. The van der Waals surface area contributed by atoms with Crippen LogP contribution in [0.1, 0.15) is 25.3 Å². The van der Waals surface area contributed by atoms with Crippen molar-refractivity contribution in [2.45, 2.75) is 26.3 Å². The van der Waals surface area contributed by atoms with Crippen molar-refractivity contribution >= 4 is 17.6 Å². The number of nitrogens with zero attached hydrogens (tertiary/aromatic N) is 5. The van der Waals surface area contributed by atoms with Crippen molar-refractivity contribution in [3.63, 3.8) is 0 Å². The Morgan fingerprint density at radius 3 is 2.86 bits per heavy atom. The number of aryl methyl sites for hydroxylation is 1. The van der Waals surface area contributed by atoms with Crippen LogP contribution in [-0.4, -0.2) is 33.3 Å². The van der Waals surface area contributed by atoms with E-state index in [-0.39, 0.29) is 5.95 Å². The Morgan fingerprint density at radius 2 is 2.19 bits per heavy atom. The second kappa shape index (κ2) is 6.92. The number of hydrogen-bond donors (Lipinski definition) is 2. The Morgan fingerprint density at radius 1 is 1.38 bits per heavy atom. The molecule has 3 N–H and O–H groups in total. The maximum atomic E-state index is 5.79. The monoisotopic (exact) mass is 289 g/mol. The first-order valence-electron chi connectivity index (χ1n) is 7.15. The molecule has 0 aliphatic rings. The number of nitrogen functional groups attached to an aromatic ring is 1. The minimum absolute atomic E-state index is 0.282. The van der Waals surface area contributed by atoms with Gasteiger partial charge < -0.3 is 16.0 Å². The first-order chi connectivity index (χ1) is 10.1. The number of nitrogens with one attached hydrogen (secondary N) is 1. The van der Waals surface area contributed by atoms with Crippen LogP contribution in [0.4, 0.5) is 17.6 Å². The molecule has 0 aliphatic carbocycles. The largest absolute Gasteiger partial charge is 0.370 e. The van der Waals surface area contributed by atoms with E-state index in [1.807, 2.05) is 37.5 Å². The third kappa shape index (κ3) is 4.34. The summed E-state index contributed by atoms with van der Waals surface area (Å²) in [6.45, 7) is 3.76. The molecule has 21 heavy (non-hydrogen) atoms. The van der Waals surface area contributed by atoms with Gasteiger partial charge >= 0.3 is 0 Å². The molecule has 2 aromatic rings. The molecule has 0 aliphatic heterocycles. The van der Waals surface area contributed by atoms with E-state index in [0.717, 1.165) is 43.1 Å². The molecule has 0 unspecified atom stereocenters. The van der Waals surface area contributed by atoms with Crippen LogP contribution in [0.15, 0.2) is 18.5 Å². The van der Waals surface area contributed by atoms with Crippen molar-refractivity contribution in [2.75, 3.05) is 29.5 Å². The van der Waals surface area contributed by atoms with Gasteiger partial charge in [-0.2, -0.15) is 15.1 Å². The van der Waals surface area contributed by atoms with Crippen LogP contribution in [-0.2, 0) is 13.6 Å². The number of rotatable bonds is 7. The third-order valence-electron chi connectivity index (χ3n) is 3.14. The first-order valence-corrected chi connectivity index (χ1v) is 7.15. The molecular formula is C14H23N7. The molecular weight excluding hydrogens is 266 g/mol. The fourth-order valence-corrected chi connectivity index (χ4v) is 2.04. The zero-order valence-electron chi connectivity index (χ0n) is 12.9. The molecule has 114 valence electrons. The molecule has 7 nitrogen and oxygen atoms in total. The summed E-state index contributed by atoms with van der Waals surface area (Å²) in [7, 11) is 3.88. The van der Waals surface area contributed by atoms with E-state index in [2.05, 4.69) is 27.3 Å². The maximum Gasteiger partial charge on any atom is 0.223 e. The molecule has 0 radical (unpaired) electrons. The second-order valence-corrected chi connectivity index (χ2v) is 5.13. The number of anilines is 3. The summed E-state index contributed by atoms with van der Waals surface area (Å²) >= 11 is 0. The summed E-state index contributed by atoms with van der Waals surface area (Å²) in [5.74, 6) is 1.85. The minimum atomic E-state index is 0.282. The van der Waals surface area contributed by atoms with E-state index < -0.39 is 0 Å². The summed E-state index contributed by atoms with van der Waals surface area (Å²) in [5, 5.41) is 7.44. The van der Waals surface area contributed by atoms with Gasteiger partial charge in [0, 0.05) is 45.0 Å². The van der Waals surface area contributed by atoms with Gasteiger partial charge in [-0.05, 0) is 6.42 Å². The molecule has 0 spiro atoms. The van der Waals surface area contributed by atoms with E-state index in [9.17, 15) is 0 Å². The molecule has 2 aromatic heterocycles. The fourth-order valence-electron chi connectivity index (χ4n) is 2.04. The average Bonchev–Trinajstić information content (AvgIpc) is 2.84. The van der Waals surface area contributed by atoms with Crippen molar-refractivity contribution in [2.24, 2.45) is 7.05 Å². The van der Waals surface area contributed by atoms with Crippen LogP contribution >= 0.6 is 0 Å². The summed E-state index contributed by atoms with van der Waals surface area (Å²) in [6.07, 6.45) is 6.08. The van der Waals surface area contributed by atoms with Crippen molar-refractivity contribution < 1.29 is 0 Å². The average molecular weight is 289 g/mol. The SMILES string of the molecule is CCCCNc1cc(N(C)Cc2cnn(C)c2)nc(N)n1. The van der Waals surface area contributed by atoms with Crippen molar-refractivity contribution in [1.29, 1.82) is 0 Å². The topological polar surface area (TPSA) is 84.9 Å². The lowest BCUT2D eigenvalue weighted by Gasteiger charge is -2.18. The lowest BCUT2D eigenvalue weighted by Crippen LogP contribution is -2.19.